The van der Waals surface area contributed by atoms with Gasteiger partial charge in [-0.3, -0.25) is 4.79 Å². The first-order valence-electron chi connectivity index (χ1n) is 11.7. The average molecular weight is 500 g/mol. The highest BCUT2D eigenvalue weighted by Crippen LogP contribution is 2.30. The third-order valence-electron chi connectivity index (χ3n) is 6.31. The number of halogens is 2. The zero-order valence-electron chi connectivity index (χ0n) is 20.4. The number of hydrogen-bond donors (Lipinski definition) is 0. The summed E-state index contributed by atoms with van der Waals surface area (Å²) in [6.45, 7) is 6.55. The minimum atomic E-state index is -0.318. The Hall–Kier alpha value is -2.94. The minimum Gasteiger partial charge on any atom is -0.383 e. The van der Waals surface area contributed by atoms with Gasteiger partial charge in [0.05, 0.1) is 24.5 Å². The van der Waals surface area contributed by atoms with Gasteiger partial charge in [0.2, 0.25) is 0 Å². The molecule has 0 N–H and O–H groups in total. The molecule has 3 aromatic rings. The van der Waals surface area contributed by atoms with Crippen LogP contribution in [0.2, 0.25) is 5.02 Å². The number of aromatic nitrogens is 2. The van der Waals surface area contributed by atoms with Gasteiger partial charge in [-0.05, 0) is 56.4 Å². The molecule has 4 rings (SSSR count). The Morgan fingerprint density at radius 3 is 2.51 bits per heavy atom. The summed E-state index contributed by atoms with van der Waals surface area (Å²) >= 11 is 6.03. The van der Waals surface area contributed by atoms with Crippen LogP contribution in [0.3, 0.4) is 0 Å². The second-order valence-corrected chi connectivity index (χ2v) is 9.23. The molecule has 1 fully saturated rings. The van der Waals surface area contributed by atoms with Crippen LogP contribution < -0.4 is 4.90 Å². The zero-order valence-corrected chi connectivity index (χ0v) is 21.1. The second-order valence-electron chi connectivity index (χ2n) is 8.80. The molecule has 0 aliphatic carbocycles. The van der Waals surface area contributed by atoms with E-state index in [0.717, 1.165) is 43.3 Å². The first kappa shape index (κ1) is 25.2. The van der Waals surface area contributed by atoms with Gasteiger partial charge in [0, 0.05) is 56.0 Å². The van der Waals surface area contributed by atoms with Crippen LogP contribution in [0.25, 0.3) is 5.69 Å². The summed E-state index contributed by atoms with van der Waals surface area (Å²) in [6.07, 6.45) is 0. The second kappa shape index (κ2) is 11.2. The molecule has 1 saturated heterocycles. The third-order valence-corrected chi connectivity index (χ3v) is 6.56. The van der Waals surface area contributed by atoms with E-state index < -0.39 is 0 Å². The highest BCUT2D eigenvalue weighted by molar-refractivity contribution is 6.30. The van der Waals surface area contributed by atoms with Gasteiger partial charge in [-0.25, -0.2) is 9.07 Å². The lowest BCUT2D eigenvalue weighted by molar-refractivity contribution is 0.0680. The number of hydrogen-bond acceptors (Lipinski definition) is 5. The molecule has 9 heteroatoms. The zero-order chi connectivity index (χ0) is 24.9. The Balaban J connectivity index is 1.74. The van der Waals surface area contributed by atoms with E-state index in [9.17, 15) is 9.18 Å². The van der Waals surface area contributed by atoms with Gasteiger partial charge in [-0.1, -0.05) is 17.7 Å². The van der Waals surface area contributed by atoms with Gasteiger partial charge < -0.3 is 19.4 Å². The number of anilines is 1. The van der Waals surface area contributed by atoms with E-state index in [1.165, 1.54) is 12.1 Å². The maximum Gasteiger partial charge on any atom is 0.254 e. The van der Waals surface area contributed by atoms with Crippen LogP contribution in [0.4, 0.5) is 10.2 Å². The van der Waals surface area contributed by atoms with E-state index in [4.69, 9.17) is 21.4 Å². The van der Waals surface area contributed by atoms with Crippen LogP contribution in [0.15, 0.2) is 48.5 Å². The maximum absolute atomic E-state index is 14.1. The molecule has 0 saturated carbocycles. The molecule has 0 bridgehead atoms. The van der Waals surface area contributed by atoms with Crippen molar-refractivity contribution in [3.63, 3.8) is 0 Å². The number of rotatable bonds is 8. The Morgan fingerprint density at radius 1 is 1.14 bits per heavy atom. The molecule has 1 amide bonds. The number of carbonyl (C=O) groups is 1. The van der Waals surface area contributed by atoms with Crippen molar-refractivity contribution in [1.82, 2.24) is 19.6 Å². The number of benzene rings is 2. The number of aryl methyl sites for hydroxylation is 1. The normalized spacial score (nSPS) is 14.4. The summed E-state index contributed by atoms with van der Waals surface area (Å²) in [5.74, 6) is 0.467. The number of carbonyl (C=O) groups excluding carboxylic acids is 1. The number of methoxy groups -OCH3 is 1. The van der Waals surface area contributed by atoms with Crippen LogP contribution in [-0.2, 0) is 11.3 Å². The van der Waals surface area contributed by atoms with Crippen LogP contribution in [0.1, 0.15) is 21.6 Å². The fourth-order valence-electron chi connectivity index (χ4n) is 4.28. The smallest absolute Gasteiger partial charge is 0.254 e. The fraction of sp³-hybridized carbons (Fsp3) is 0.385. The van der Waals surface area contributed by atoms with Gasteiger partial charge in [-0.2, -0.15) is 5.10 Å². The summed E-state index contributed by atoms with van der Waals surface area (Å²) in [6, 6.07) is 13.3. The summed E-state index contributed by atoms with van der Waals surface area (Å²) in [4.78, 5) is 19.8. The van der Waals surface area contributed by atoms with Crippen molar-refractivity contribution >= 4 is 23.3 Å². The quantitative estimate of drug-likeness (QED) is 0.468. The summed E-state index contributed by atoms with van der Waals surface area (Å²) in [7, 11) is 3.72. The van der Waals surface area contributed by atoms with Crippen molar-refractivity contribution in [2.24, 2.45) is 0 Å². The molecule has 7 nitrogen and oxygen atoms in total. The van der Waals surface area contributed by atoms with E-state index in [-0.39, 0.29) is 11.7 Å². The van der Waals surface area contributed by atoms with Gasteiger partial charge in [-0.15, -0.1) is 0 Å². The van der Waals surface area contributed by atoms with E-state index in [2.05, 4.69) is 16.8 Å². The van der Waals surface area contributed by atoms with Gasteiger partial charge >= 0.3 is 0 Å². The Bertz CT molecular complexity index is 1160. The predicted molar refractivity (Wildman–Crippen MR) is 136 cm³/mol. The van der Waals surface area contributed by atoms with Crippen LogP contribution in [-0.4, -0.2) is 79.0 Å². The minimum absolute atomic E-state index is 0.110. The molecule has 1 aliphatic heterocycles. The van der Waals surface area contributed by atoms with E-state index >= 15 is 0 Å². The number of ether oxygens (including phenoxy) is 1. The van der Waals surface area contributed by atoms with Crippen molar-refractivity contribution < 1.29 is 13.9 Å². The van der Waals surface area contributed by atoms with Gasteiger partial charge in [0.1, 0.15) is 11.6 Å². The van der Waals surface area contributed by atoms with E-state index in [1.54, 1.807) is 47.0 Å². The molecular formula is C26H31ClFN5O2. The molecule has 0 atom stereocenters. The molecule has 0 radical (unpaired) electrons. The van der Waals surface area contributed by atoms with Crippen molar-refractivity contribution in [2.45, 2.75) is 13.5 Å². The molecule has 1 aliphatic rings. The lowest BCUT2D eigenvalue weighted by Gasteiger charge is -2.35. The highest BCUT2D eigenvalue weighted by Gasteiger charge is 2.27. The van der Waals surface area contributed by atoms with Crippen molar-refractivity contribution in [1.29, 1.82) is 0 Å². The third kappa shape index (κ3) is 5.83. The lowest BCUT2D eigenvalue weighted by Crippen LogP contribution is -2.45. The van der Waals surface area contributed by atoms with Crippen LogP contribution in [0.5, 0.6) is 0 Å². The Labute approximate surface area is 210 Å². The number of likely N-dealkylation sites (N-methyl/N-ethyl adjacent to an activating group) is 1. The van der Waals surface area contributed by atoms with E-state index in [0.29, 0.717) is 36.0 Å². The summed E-state index contributed by atoms with van der Waals surface area (Å²) in [5, 5.41) is 5.38. The topological polar surface area (TPSA) is 53.8 Å². The van der Waals surface area contributed by atoms with Crippen molar-refractivity contribution in [3.05, 3.63) is 76.2 Å². The van der Waals surface area contributed by atoms with Crippen LogP contribution >= 0.6 is 11.6 Å². The number of amides is 1. The van der Waals surface area contributed by atoms with Crippen molar-refractivity contribution in [3.8, 4) is 5.69 Å². The molecule has 1 aromatic heterocycles. The van der Waals surface area contributed by atoms with Crippen molar-refractivity contribution in [2.75, 3.05) is 58.4 Å². The largest absolute Gasteiger partial charge is 0.383 e. The first-order chi connectivity index (χ1) is 16.9. The average Bonchev–Trinajstić information content (AvgIpc) is 3.18. The molecular weight excluding hydrogens is 469 g/mol. The number of piperazine rings is 1. The lowest BCUT2D eigenvalue weighted by atomic mass is 10.1. The SMILES string of the molecule is COCCN(Cc1c(C)nn(-c2cccc(F)c2)c1N1CCN(C)CC1)C(=O)c1ccc(Cl)cc1. The summed E-state index contributed by atoms with van der Waals surface area (Å²) < 4.78 is 21.2. The Morgan fingerprint density at radius 2 is 1.86 bits per heavy atom. The van der Waals surface area contributed by atoms with Gasteiger partial charge in [0.15, 0.2) is 0 Å². The maximum atomic E-state index is 14.1. The molecule has 35 heavy (non-hydrogen) atoms. The fourth-order valence-corrected chi connectivity index (χ4v) is 4.41. The van der Waals surface area contributed by atoms with Crippen LogP contribution in [0, 0.1) is 12.7 Å². The molecule has 0 spiro atoms. The molecule has 186 valence electrons. The highest BCUT2D eigenvalue weighted by atomic mass is 35.5. The summed E-state index contributed by atoms with van der Waals surface area (Å²) in [5.41, 5.74) is 2.95. The molecule has 0 unspecified atom stereocenters. The number of nitrogens with zero attached hydrogens (tertiary/aromatic N) is 5. The Kier molecular flexibility index (Phi) is 8.05. The van der Waals surface area contributed by atoms with Gasteiger partial charge in [0.25, 0.3) is 5.91 Å². The van der Waals surface area contributed by atoms with E-state index in [1.807, 2.05) is 13.0 Å². The predicted octanol–water partition coefficient (Wildman–Crippen LogP) is 4.01. The standard InChI is InChI=1S/C26H31ClFN5O2/c1-19-24(18-32(15-16-35-3)26(34)20-7-9-21(27)10-8-20)25(31-13-11-30(2)12-14-31)33(29-19)23-6-4-5-22(28)17-23/h4-10,17H,11-16,18H2,1-3H3. The monoisotopic (exact) mass is 499 g/mol. The first-order valence-corrected chi connectivity index (χ1v) is 12.1. The molecule has 2 heterocycles. The molecule has 2 aromatic carbocycles.